The zero-order chi connectivity index (χ0) is 15.1. The van der Waals surface area contributed by atoms with Crippen molar-refractivity contribution < 1.29 is 8.42 Å². The first-order valence-corrected chi connectivity index (χ1v) is 7.94. The van der Waals surface area contributed by atoms with E-state index in [4.69, 9.17) is 5.73 Å². The maximum atomic E-state index is 12.1. The van der Waals surface area contributed by atoms with E-state index in [1.165, 1.54) is 6.20 Å². The Balaban J connectivity index is 2.13. The number of sulfonamides is 1. The molecule has 0 saturated carbocycles. The Labute approximate surface area is 124 Å². The molecule has 0 radical (unpaired) electrons. The first kappa shape index (κ1) is 15.0. The van der Waals surface area contributed by atoms with E-state index in [1.807, 2.05) is 6.07 Å². The topological polar surface area (TPSA) is 85.1 Å². The lowest BCUT2D eigenvalue weighted by Gasteiger charge is -2.07. The van der Waals surface area contributed by atoms with Crippen LogP contribution in [0.5, 0.6) is 0 Å². The van der Waals surface area contributed by atoms with E-state index in [-0.39, 0.29) is 18.1 Å². The summed E-state index contributed by atoms with van der Waals surface area (Å²) in [6.45, 7) is 0.247. The van der Waals surface area contributed by atoms with Gasteiger partial charge in [-0.2, -0.15) is 0 Å². The Hall–Kier alpha value is -2.36. The Morgan fingerprint density at radius 1 is 1.19 bits per heavy atom. The standard InChI is InChI=1S/C15H15N3O2S/c16-9-4-7-13-8-10-17-15(11-13)18-21(19,20)12-14-5-2-1-3-6-14/h1-3,5-6,8,10-11H,9,12,16H2,(H,17,18). The Morgan fingerprint density at radius 2 is 1.95 bits per heavy atom. The maximum absolute atomic E-state index is 12.1. The second-order valence-electron chi connectivity index (χ2n) is 4.28. The molecule has 0 unspecified atom stereocenters. The van der Waals surface area contributed by atoms with Crippen LogP contribution in [-0.4, -0.2) is 19.9 Å². The van der Waals surface area contributed by atoms with Crippen LogP contribution in [-0.2, 0) is 15.8 Å². The van der Waals surface area contributed by atoms with Crippen LogP contribution in [0.4, 0.5) is 5.82 Å². The van der Waals surface area contributed by atoms with Gasteiger partial charge in [-0.1, -0.05) is 42.2 Å². The van der Waals surface area contributed by atoms with Gasteiger partial charge in [0.15, 0.2) is 0 Å². The maximum Gasteiger partial charge on any atom is 0.238 e. The van der Waals surface area contributed by atoms with Crippen LogP contribution >= 0.6 is 0 Å². The predicted octanol–water partition coefficient (Wildman–Crippen LogP) is 1.33. The van der Waals surface area contributed by atoms with Crippen LogP contribution < -0.4 is 10.5 Å². The number of nitrogens with one attached hydrogen (secondary N) is 1. The van der Waals surface area contributed by atoms with Gasteiger partial charge in [0, 0.05) is 11.8 Å². The van der Waals surface area contributed by atoms with Crippen molar-refractivity contribution in [2.45, 2.75) is 5.75 Å². The average Bonchev–Trinajstić information content (AvgIpc) is 2.45. The largest absolute Gasteiger partial charge is 0.320 e. The third kappa shape index (κ3) is 4.91. The van der Waals surface area contributed by atoms with E-state index in [0.717, 1.165) is 0 Å². The zero-order valence-corrected chi connectivity index (χ0v) is 12.1. The van der Waals surface area contributed by atoms with Gasteiger partial charge in [0.2, 0.25) is 10.0 Å². The molecule has 0 amide bonds. The van der Waals surface area contributed by atoms with Gasteiger partial charge in [-0.3, -0.25) is 4.72 Å². The molecule has 108 valence electrons. The van der Waals surface area contributed by atoms with Crippen molar-refractivity contribution in [3.8, 4) is 11.8 Å². The molecule has 0 aliphatic carbocycles. The zero-order valence-electron chi connectivity index (χ0n) is 11.3. The van der Waals surface area contributed by atoms with Crippen molar-refractivity contribution >= 4 is 15.8 Å². The molecule has 2 rings (SSSR count). The monoisotopic (exact) mass is 301 g/mol. The van der Waals surface area contributed by atoms with Gasteiger partial charge >= 0.3 is 0 Å². The number of pyridine rings is 1. The molecule has 21 heavy (non-hydrogen) atoms. The summed E-state index contributed by atoms with van der Waals surface area (Å²) < 4.78 is 26.6. The van der Waals surface area contributed by atoms with Crippen LogP contribution in [0.2, 0.25) is 0 Å². The smallest absolute Gasteiger partial charge is 0.238 e. The van der Waals surface area contributed by atoms with Gasteiger partial charge in [-0.05, 0) is 17.7 Å². The highest BCUT2D eigenvalue weighted by Crippen LogP contribution is 2.11. The number of nitrogens with two attached hydrogens (primary N) is 1. The quantitative estimate of drug-likeness (QED) is 0.834. The van der Waals surface area contributed by atoms with E-state index in [1.54, 1.807) is 36.4 Å². The summed E-state index contributed by atoms with van der Waals surface area (Å²) in [6, 6.07) is 12.2. The van der Waals surface area contributed by atoms with Crippen LogP contribution in [0.3, 0.4) is 0 Å². The highest BCUT2D eigenvalue weighted by atomic mass is 32.2. The Bertz CT molecular complexity index is 762. The van der Waals surface area contributed by atoms with Crippen molar-refractivity contribution in [2.75, 3.05) is 11.3 Å². The minimum Gasteiger partial charge on any atom is -0.320 e. The minimum absolute atomic E-state index is 0.103. The Kier molecular flexibility index (Phi) is 4.93. The molecule has 3 N–H and O–H groups in total. The van der Waals surface area contributed by atoms with E-state index in [0.29, 0.717) is 11.1 Å². The number of rotatable bonds is 4. The van der Waals surface area contributed by atoms with Gasteiger partial charge in [-0.15, -0.1) is 0 Å². The van der Waals surface area contributed by atoms with E-state index >= 15 is 0 Å². The van der Waals surface area contributed by atoms with Crippen molar-refractivity contribution in [3.05, 3.63) is 59.8 Å². The second kappa shape index (κ2) is 6.88. The number of hydrogen-bond acceptors (Lipinski definition) is 4. The minimum atomic E-state index is -3.51. The van der Waals surface area contributed by atoms with Gasteiger partial charge < -0.3 is 5.73 Å². The molecule has 2 aromatic rings. The summed E-state index contributed by atoms with van der Waals surface area (Å²) in [5, 5.41) is 0. The highest BCUT2D eigenvalue weighted by molar-refractivity contribution is 7.91. The normalized spacial score (nSPS) is 10.5. The molecule has 0 aliphatic rings. The lowest BCUT2D eigenvalue weighted by molar-refractivity contribution is 0.600. The molecule has 6 heteroatoms. The van der Waals surface area contributed by atoms with Crippen LogP contribution in [0.25, 0.3) is 0 Å². The SMILES string of the molecule is NCC#Cc1ccnc(NS(=O)(=O)Cc2ccccc2)c1. The number of aromatic nitrogens is 1. The molecule has 0 bridgehead atoms. The molecule has 0 saturated heterocycles. The number of benzene rings is 1. The molecule has 5 nitrogen and oxygen atoms in total. The van der Waals surface area contributed by atoms with Crippen molar-refractivity contribution in [2.24, 2.45) is 5.73 Å². The third-order valence-corrected chi connectivity index (χ3v) is 3.79. The predicted molar refractivity (Wildman–Crippen MR) is 82.9 cm³/mol. The molecule has 0 spiro atoms. The van der Waals surface area contributed by atoms with Gasteiger partial charge in [0.05, 0.1) is 12.3 Å². The summed E-state index contributed by atoms with van der Waals surface area (Å²) in [5.41, 5.74) is 6.67. The third-order valence-electron chi connectivity index (χ3n) is 2.55. The molecule has 0 aliphatic heterocycles. The van der Waals surface area contributed by atoms with Gasteiger partial charge in [0.1, 0.15) is 5.82 Å². The summed E-state index contributed by atoms with van der Waals surface area (Å²) in [6.07, 6.45) is 1.50. The summed E-state index contributed by atoms with van der Waals surface area (Å²) in [4.78, 5) is 3.98. The first-order valence-electron chi connectivity index (χ1n) is 6.28. The lowest BCUT2D eigenvalue weighted by Crippen LogP contribution is -2.15. The molecular formula is C15H15N3O2S. The molecule has 1 aromatic carbocycles. The summed E-state index contributed by atoms with van der Waals surface area (Å²) >= 11 is 0. The fraction of sp³-hybridized carbons (Fsp3) is 0.133. The van der Waals surface area contributed by atoms with Gasteiger partial charge in [-0.25, -0.2) is 13.4 Å². The number of nitrogens with zero attached hydrogens (tertiary/aromatic N) is 1. The first-order chi connectivity index (χ1) is 10.1. The molecular weight excluding hydrogens is 286 g/mol. The van der Waals surface area contributed by atoms with Crippen LogP contribution in [0.15, 0.2) is 48.7 Å². The number of anilines is 1. The van der Waals surface area contributed by atoms with Crippen molar-refractivity contribution in [3.63, 3.8) is 0 Å². The highest BCUT2D eigenvalue weighted by Gasteiger charge is 2.12. The molecule has 1 heterocycles. The van der Waals surface area contributed by atoms with E-state index in [9.17, 15) is 8.42 Å². The summed E-state index contributed by atoms with van der Waals surface area (Å²) in [5.74, 6) is 5.68. The van der Waals surface area contributed by atoms with Crippen LogP contribution in [0, 0.1) is 11.8 Å². The lowest BCUT2D eigenvalue weighted by atomic mass is 10.2. The van der Waals surface area contributed by atoms with Gasteiger partial charge in [0.25, 0.3) is 0 Å². The second-order valence-corrected chi connectivity index (χ2v) is 6.00. The van der Waals surface area contributed by atoms with Crippen LogP contribution in [0.1, 0.15) is 11.1 Å². The molecule has 0 atom stereocenters. The molecule has 1 aromatic heterocycles. The summed E-state index contributed by atoms with van der Waals surface area (Å²) in [7, 11) is -3.51. The fourth-order valence-electron chi connectivity index (χ4n) is 1.71. The Morgan fingerprint density at radius 3 is 2.67 bits per heavy atom. The molecule has 0 fully saturated rings. The number of hydrogen-bond donors (Lipinski definition) is 2. The van der Waals surface area contributed by atoms with E-state index in [2.05, 4.69) is 21.5 Å². The van der Waals surface area contributed by atoms with Crippen molar-refractivity contribution in [1.82, 2.24) is 4.98 Å². The van der Waals surface area contributed by atoms with Crippen molar-refractivity contribution in [1.29, 1.82) is 0 Å². The average molecular weight is 301 g/mol. The fourth-order valence-corrected chi connectivity index (χ4v) is 2.84. The van der Waals surface area contributed by atoms with E-state index < -0.39 is 10.0 Å².